The number of alkyl halides is 1. The molecule has 0 bridgehead atoms. The van der Waals surface area contributed by atoms with Gasteiger partial charge in [-0.25, -0.2) is 4.39 Å². The van der Waals surface area contributed by atoms with E-state index in [4.69, 9.17) is 5.11 Å². The topological polar surface area (TPSA) is 20.2 Å². The van der Waals surface area contributed by atoms with Crippen molar-refractivity contribution in [1.29, 1.82) is 0 Å². The Morgan fingerprint density at radius 2 is 1.90 bits per heavy atom. The van der Waals surface area contributed by atoms with Gasteiger partial charge >= 0.3 is 0 Å². The number of aliphatic hydroxyl groups is 1. The molecule has 0 atom stereocenters. The van der Waals surface area contributed by atoms with Crippen LogP contribution in [-0.2, 0) is 0 Å². The van der Waals surface area contributed by atoms with Crippen molar-refractivity contribution in [3.63, 3.8) is 0 Å². The number of halogens is 1. The molecule has 0 saturated heterocycles. The largest absolute Gasteiger partial charge is 0.396 e. The molecule has 60 valence electrons. The minimum absolute atomic E-state index is 0.271. The molecule has 1 nitrogen and oxygen atoms in total. The first-order valence-corrected chi connectivity index (χ1v) is 3.73. The van der Waals surface area contributed by atoms with Gasteiger partial charge in [-0.1, -0.05) is 18.6 Å². The van der Waals surface area contributed by atoms with Crippen molar-refractivity contribution >= 4 is 0 Å². The second-order valence-corrected chi connectivity index (χ2v) is 2.20. The Morgan fingerprint density at radius 3 is 2.50 bits per heavy atom. The van der Waals surface area contributed by atoms with Crippen molar-refractivity contribution in [1.82, 2.24) is 0 Å². The lowest BCUT2D eigenvalue weighted by atomic mass is 10.2. The van der Waals surface area contributed by atoms with Gasteiger partial charge in [0, 0.05) is 6.61 Å². The van der Waals surface area contributed by atoms with Gasteiger partial charge < -0.3 is 5.11 Å². The summed E-state index contributed by atoms with van der Waals surface area (Å²) in [5.41, 5.74) is 0. The summed E-state index contributed by atoms with van der Waals surface area (Å²) in [7, 11) is 0. The van der Waals surface area contributed by atoms with E-state index >= 15 is 0 Å². The van der Waals surface area contributed by atoms with E-state index in [0.29, 0.717) is 0 Å². The van der Waals surface area contributed by atoms with Gasteiger partial charge in [0.1, 0.15) is 6.67 Å². The van der Waals surface area contributed by atoms with E-state index in [1.165, 1.54) is 6.08 Å². The summed E-state index contributed by atoms with van der Waals surface area (Å²) in [6.45, 7) is -0.0905. The molecule has 0 spiro atoms. The fraction of sp³-hybridized carbons (Fsp3) is 0.750. The highest BCUT2D eigenvalue weighted by molar-refractivity contribution is 4.80. The zero-order chi connectivity index (χ0) is 7.66. The Hall–Kier alpha value is -0.370. The fourth-order valence-electron chi connectivity index (χ4n) is 0.732. The summed E-state index contributed by atoms with van der Waals surface area (Å²) < 4.78 is 11.4. The highest BCUT2D eigenvalue weighted by atomic mass is 19.1. The predicted octanol–water partition coefficient (Wildman–Crippen LogP) is 2.06. The van der Waals surface area contributed by atoms with Gasteiger partial charge in [0.2, 0.25) is 0 Å². The number of hydrogen-bond donors (Lipinski definition) is 1. The Labute approximate surface area is 61.6 Å². The molecule has 0 aromatic heterocycles. The molecule has 0 radical (unpaired) electrons. The molecule has 0 aromatic rings. The van der Waals surface area contributed by atoms with Gasteiger partial charge in [0.05, 0.1) is 0 Å². The third kappa shape index (κ3) is 7.63. The second kappa shape index (κ2) is 8.63. The maximum Gasteiger partial charge on any atom is 0.108 e. The molecule has 0 aliphatic carbocycles. The molecule has 0 fully saturated rings. The van der Waals surface area contributed by atoms with Crippen molar-refractivity contribution < 1.29 is 9.50 Å². The maximum atomic E-state index is 11.4. The first-order chi connectivity index (χ1) is 4.91. The van der Waals surface area contributed by atoms with Crippen LogP contribution in [0.4, 0.5) is 4.39 Å². The zero-order valence-electron chi connectivity index (χ0n) is 6.22. The van der Waals surface area contributed by atoms with Crippen molar-refractivity contribution in [2.45, 2.75) is 25.7 Å². The lowest BCUT2D eigenvalue weighted by Crippen LogP contribution is -1.81. The Morgan fingerprint density at radius 1 is 1.10 bits per heavy atom. The maximum absolute atomic E-state index is 11.4. The second-order valence-electron chi connectivity index (χ2n) is 2.20. The number of unbranched alkanes of at least 4 members (excludes halogenated alkanes) is 3. The highest BCUT2D eigenvalue weighted by Crippen LogP contribution is 1.99. The number of rotatable bonds is 6. The van der Waals surface area contributed by atoms with Gasteiger partial charge in [-0.15, -0.1) is 0 Å². The predicted molar refractivity (Wildman–Crippen MR) is 40.7 cm³/mol. The number of allylic oxidation sites excluding steroid dienone is 2. The molecular formula is C8H15FO. The minimum Gasteiger partial charge on any atom is -0.396 e. The third-order valence-corrected chi connectivity index (χ3v) is 1.28. The van der Waals surface area contributed by atoms with E-state index in [1.54, 1.807) is 0 Å². The van der Waals surface area contributed by atoms with E-state index in [0.717, 1.165) is 25.7 Å². The van der Waals surface area contributed by atoms with Crippen molar-refractivity contribution in [3.8, 4) is 0 Å². The van der Waals surface area contributed by atoms with Gasteiger partial charge in [-0.3, -0.25) is 0 Å². The first-order valence-electron chi connectivity index (χ1n) is 3.73. The van der Waals surface area contributed by atoms with Crippen LogP contribution in [0.2, 0.25) is 0 Å². The quantitative estimate of drug-likeness (QED) is 0.449. The van der Waals surface area contributed by atoms with Crippen LogP contribution in [0, 0.1) is 0 Å². The molecule has 0 aliphatic rings. The van der Waals surface area contributed by atoms with Crippen LogP contribution in [0.3, 0.4) is 0 Å². The van der Waals surface area contributed by atoms with E-state index in [9.17, 15) is 4.39 Å². The zero-order valence-corrected chi connectivity index (χ0v) is 6.22. The summed E-state index contributed by atoms with van der Waals surface area (Å²) in [6.07, 6.45) is 7.26. The Balaban J connectivity index is 2.83. The summed E-state index contributed by atoms with van der Waals surface area (Å²) in [6, 6.07) is 0. The molecule has 10 heavy (non-hydrogen) atoms. The monoisotopic (exact) mass is 146 g/mol. The van der Waals surface area contributed by atoms with Crippen LogP contribution in [0.5, 0.6) is 0 Å². The highest BCUT2D eigenvalue weighted by Gasteiger charge is 1.83. The summed E-state index contributed by atoms with van der Waals surface area (Å²) in [4.78, 5) is 0. The van der Waals surface area contributed by atoms with Crippen molar-refractivity contribution in [2.24, 2.45) is 0 Å². The van der Waals surface area contributed by atoms with Crippen LogP contribution in [0.25, 0.3) is 0 Å². The molecule has 0 heterocycles. The molecular weight excluding hydrogens is 131 g/mol. The van der Waals surface area contributed by atoms with Gasteiger partial charge in [-0.05, 0) is 19.3 Å². The molecule has 0 rings (SSSR count). The lowest BCUT2D eigenvalue weighted by molar-refractivity contribution is 0.283. The van der Waals surface area contributed by atoms with Crippen LogP contribution in [-0.4, -0.2) is 18.4 Å². The lowest BCUT2D eigenvalue weighted by Gasteiger charge is -1.92. The fourth-order valence-corrected chi connectivity index (χ4v) is 0.732. The summed E-state index contributed by atoms with van der Waals surface area (Å²) >= 11 is 0. The van der Waals surface area contributed by atoms with Crippen LogP contribution in [0.15, 0.2) is 12.2 Å². The van der Waals surface area contributed by atoms with E-state index < -0.39 is 0 Å². The molecule has 0 aromatic carbocycles. The van der Waals surface area contributed by atoms with Crippen molar-refractivity contribution in [2.75, 3.05) is 13.3 Å². The van der Waals surface area contributed by atoms with Crippen LogP contribution in [0.1, 0.15) is 25.7 Å². The average Bonchev–Trinajstić information content (AvgIpc) is 1.97. The normalized spacial score (nSPS) is 11.0. The first kappa shape index (κ1) is 9.63. The smallest absolute Gasteiger partial charge is 0.108 e. The SMILES string of the molecule is OCCCCC/C=C/CF. The van der Waals surface area contributed by atoms with Gasteiger partial charge in [0.25, 0.3) is 0 Å². The van der Waals surface area contributed by atoms with Crippen LogP contribution < -0.4 is 0 Å². The molecule has 0 amide bonds. The molecule has 1 N–H and O–H groups in total. The minimum atomic E-state index is -0.361. The van der Waals surface area contributed by atoms with E-state index in [2.05, 4.69) is 0 Å². The molecule has 0 aliphatic heterocycles. The van der Waals surface area contributed by atoms with Crippen LogP contribution >= 0.6 is 0 Å². The molecule has 2 heteroatoms. The molecule has 0 unspecified atom stereocenters. The standard InChI is InChI=1S/C8H15FO/c9-7-5-3-1-2-4-6-8-10/h3,5,10H,1-2,4,6-8H2/b5-3+. The Kier molecular flexibility index (Phi) is 8.31. The van der Waals surface area contributed by atoms with Gasteiger partial charge in [-0.2, -0.15) is 0 Å². The summed E-state index contributed by atoms with van der Waals surface area (Å²) in [5, 5.41) is 8.39. The van der Waals surface area contributed by atoms with Gasteiger partial charge in [0.15, 0.2) is 0 Å². The average molecular weight is 146 g/mol. The van der Waals surface area contributed by atoms with Crippen molar-refractivity contribution in [3.05, 3.63) is 12.2 Å². The number of aliphatic hydroxyl groups excluding tert-OH is 1. The third-order valence-electron chi connectivity index (χ3n) is 1.28. The summed E-state index contributed by atoms with van der Waals surface area (Å²) in [5.74, 6) is 0. The van der Waals surface area contributed by atoms with E-state index in [-0.39, 0.29) is 13.3 Å². The number of hydrogen-bond acceptors (Lipinski definition) is 1. The molecule has 0 saturated carbocycles. The Bertz CT molecular complexity index is 81.3. The van der Waals surface area contributed by atoms with E-state index in [1.807, 2.05) is 6.08 Å².